The van der Waals surface area contributed by atoms with Crippen LogP contribution in [0.15, 0.2) is 18.2 Å². The number of hydrogen-bond donors (Lipinski definition) is 0. The Morgan fingerprint density at radius 3 is 2.43 bits per heavy atom. The van der Waals surface area contributed by atoms with Crippen LogP contribution in [-0.2, 0) is 16.0 Å². The molecule has 0 saturated carbocycles. The van der Waals surface area contributed by atoms with Gasteiger partial charge in [-0.2, -0.15) is 0 Å². The van der Waals surface area contributed by atoms with E-state index >= 15 is 0 Å². The quantitative estimate of drug-likeness (QED) is 0.821. The predicted molar refractivity (Wildman–Crippen MR) is 88.8 cm³/mol. The summed E-state index contributed by atoms with van der Waals surface area (Å²) >= 11 is 0. The topological polar surface area (TPSA) is 29.5 Å². The van der Waals surface area contributed by atoms with E-state index in [9.17, 15) is 4.79 Å². The predicted octanol–water partition coefficient (Wildman–Crippen LogP) is 3.97. The number of rotatable bonds is 5. The third-order valence-corrected chi connectivity index (χ3v) is 3.65. The molecule has 1 unspecified atom stereocenters. The zero-order valence-corrected chi connectivity index (χ0v) is 14.5. The molecule has 0 aliphatic rings. The molecule has 0 aromatic heterocycles. The smallest absolute Gasteiger partial charge is 0.232 e. The van der Waals surface area contributed by atoms with Gasteiger partial charge in [0.1, 0.15) is 0 Å². The van der Waals surface area contributed by atoms with E-state index in [0.29, 0.717) is 6.61 Å². The molecule has 0 radical (unpaired) electrons. The number of hydrogen-bond acceptors (Lipinski definition) is 2. The van der Waals surface area contributed by atoms with Crippen LogP contribution < -0.4 is 4.90 Å². The Labute approximate surface area is 129 Å². The summed E-state index contributed by atoms with van der Waals surface area (Å²) in [7, 11) is 1.68. The van der Waals surface area contributed by atoms with Gasteiger partial charge in [0.2, 0.25) is 5.91 Å². The molecule has 0 spiro atoms. The van der Waals surface area contributed by atoms with Gasteiger partial charge in [0, 0.05) is 12.5 Å². The first kappa shape index (κ1) is 17.7. The van der Waals surface area contributed by atoms with Crippen LogP contribution in [0, 0.1) is 12.3 Å². The zero-order valence-electron chi connectivity index (χ0n) is 14.5. The van der Waals surface area contributed by atoms with Crippen LogP contribution in [0.2, 0.25) is 0 Å². The largest absolute Gasteiger partial charge is 0.383 e. The van der Waals surface area contributed by atoms with Gasteiger partial charge in [-0.15, -0.1) is 0 Å². The molecule has 0 aliphatic heterocycles. The molecule has 1 atom stereocenters. The molecule has 3 heteroatoms. The molecule has 0 N–H and O–H groups in total. The number of carbonyl (C=O) groups is 1. The maximum atomic E-state index is 13.0. The maximum Gasteiger partial charge on any atom is 0.232 e. The number of aryl methyl sites for hydroxylation is 2. The standard InChI is InChI=1S/C18H29NO2/c1-8-15-11-9-10-13(2)16(15)19(14(3)12-21-7)17(20)18(4,5)6/h9-11,14H,8,12H2,1-7H3. The number of carbonyl (C=O) groups excluding carboxylic acids is 1. The molecule has 0 heterocycles. The highest BCUT2D eigenvalue weighted by Crippen LogP contribution is 2.31. The lowest BCUT2D eigenvalue weighted by atomic mass is 9.92. The Morgan fingerprint density at radius 2 is 1.95 bits per heavy atom. The highest BCUT2D eigenvalue weighted by Gasteiger charge is 2.33. The number of anilines is 1. The second-order valence-corrected chi connectivity index (χ2v) is 6.67. The van der Waals surface area contributed by atoms with E-state index in [1.807, 2.05) is 32.6 Å². The minimum atomic E-state index is -0.421. The fraction of sp³-hybridized carbons (Fsp3) is 0.611. The van der Waals surface area contributed by atoms with Crippen LogP contribution in [0.4, 0.5) is 5.69 Å². The molecule has 1 rings (SSSR count). The van der Waals surface area contributed by atoms with E-state index in [1.54, 1.807) is 7.11 Å². The number of nitrogens with zero attached hydrogens (tertiary/aromatic N) is 1. The highest BCUT2D eigenvalue weighted by molar-refractivity contribution is 5.98. The average molecular weight is 291 g/mol. The van der Waals surface area contributed by atoms with Crippen molar-refractivity contribution in [3.05, 3.63) is 29.3 Å². The monoisotopic (exact) mass is 291 g/mol. The van der Waals surface area contributed by atoms with Crippen LogP contribution in [0.5, 0.6) is 0 Å². The normalized spacial score (nSPS) is 13.1. The van der Waals surface area contributed by atoms with Crippen LogP contribution >= 0.6 is 0 Å². The lowest BCUT2D eigenvalue weighted by Gasteiger charge is -2.36. The Kier molecular flexibility index (Phi) is 5.97. The van der Waals surface area contributed by atoms with Crippen molar-refractivity contribution in [3.63, 3.8) is 0 Å². The van der Waals surface area contributed by atoms with Crippen LogP contribution in [0.25, 0.3) is 0 Å². The van der Waals surface area contributed by atoms with Gasteiger partial charge in [-0.3, -0.25) is 4.79 Å². The molecule has 0 fully saturated rings. The molecule has 21 heavy (non-hydrogen) atoms. The summed E-state index contributed by atoms with van der Waals surface area (Å²) in [5, 5.41) is 0. The molecule has 0 saturated heterocycles. The molecule has 0 aliphatic carbocycles. The first-order chi connectivity index (χ1) is 9.73. The summed E-state index contributed by atoms with van der Waals surface area (Å²) in [6, 6.07) is 6.23. The van der Waals surface area contributed by atoms with Gasteiger partial charge < -0.3 is 9.64 Å². The third kappa shape index (κ3) is 4.07. The first-order valence-electron chi connectivity index (χ1n) is 7.65. The Hall–Kier alpha value is -1.35. The summed E-state index contributed by atoms with van der Waals surface area (Å²) < 4.78 is 5.29. The lowest BCUT2D eigenvalue weighted by molar-refractivity contribution is -0.126. The SMILES string of the molecule is CCc1cccc(C)c1N(C(=O)C(C)(C)C)C(C)COC. The van der Waals surface area contributed by atoms with E-state index in [2.05, 4.69) is 32.0 Å². The summed E-state index contributed by atoms with van der Waals surface area (Å²) in [5.41, 5.74) is 2.96. The molecule has 0 bridgehead atoms. The number of para-hydroxylation sites is 1. The second kappa shape index (κ2) is 7.08. The molecule has 3 nitrogen and oxygen atoms in total. The van der Waals surface area contributed by atoms with E-state index in [1.165, 1.54) is 5.56 Å². The van der Waals surface area contributed by atoms with Gasteiger partial charge in [-0.1, -0.05) is 45.9 Å². The van der Waals surface area contributed by atoms with Gasteiger partial charge in [-0.25, -0.2) is 0 Å². The van der Waals surface area contributed by atoms with Crippen LogP contribution in [0.3, 0.4) is 0 Å². The van der Waals surface area contributed by atoms with Crippen molar-refractivity contribution in [2.75, 3.05) is 18.6 Å². The Balaban J connectivity index is 3.41. The average Bonchev–Trinajstić information content (AvgIpc) is 2.39. The first-order valence-corrected chi connectivity index (χ1v) is 7.65. The van der Waals surface area contributed by atoms with Crippen molar-refractivity contribution in [3.8, 4) is 0 Å². The minimum absolute atomic E-state index is 0.00752. The van der Waals surface area contributed by atoms with Crippen molar-refractivity contribution in [2.45, 2.75) is 54.0 Å². The van der Waals surface area contributed by atoms with E-state index in [4.69, 9.17) is 4.74 Å². The van der Waals surface area contributed by atoms with Crippen molar-refractivity contribution in [2.24, 2.45) is 5.41 Å². The van der Waals surface area contributed by atoms with Crippen molar-refractivity contribution >= 4 is 11.6 Å². The number of methoxy groups -OCH3 is 1. The van der Waals surface area contributed by atoms with Gasteiger partial charge in [0.05, 0.1) is 18.3 Å². The zero-order chi connectivity index (χ0) is 16.2. The summed E-state index contributed by atoms with van der Waals surface area (Å²) in [6.45, 7) is 12.7. The van der Waals surface area contributed by atoms with Crippen molar-refractivity contribution in [1.29, 1.82) is 0 Å². The Bertz CT molecular complexity index is 488. The lowest BCUT2D eigenvalue weighted by Crippen LogP contribution is -2.47. The van der Waals surface area contributed by atoms with Crippen LogP contribution in [-0.4, -0.2) is 25.7 Å². The Morgan fingerprint density at radius 1 is 1.33 bits per heavy atom. The third-order valence-electron chi connectivity index (χ3n) is 3.65. The van der Waals surface area contributed by atoms with Crippen molar-refractivity contribution in [1.82, 2.24) is 0 Å². The number of amides is 1. The van der Waals surface area contributed by atoms with Gasteiger partial charge in [0.25, 0.3) is 0 Å². The number of ether oxygens (including phenoxy) is 1. The summed E-state index contributed by atoms with van der Waals surface area (Å²) in [5.74, 6) is 0.135. The fourth-order valence-electron chi connectivity index (χ4n) is 2.55. The molecule has 118 valence electrons. The molecular formula is C18H29NO2. The molecular weight excluding hydrogens is 262 g/mol. The fourth-order valence-corrected chi connectivity index (χ4v) is 2.55. The van der Waals surface area contributed by atoms with Gasteiger partial charge in [0.15, 0.2) is 0 Å². The van der Waals surface area contributed by atoms with Crippen molar-refractivity contribution < 1.29 is 9.53 Å². The number of benzene rings is 1. The maximum absolute atomic E-state index is 13.0. The van der Waals surface area contributed by atoms with E-state index in [-0.39, 0.29) is 11.9 Å². The van der Waals surface area contributed by atoms with Gasteiger partial charge in [-0.05, 0) is 31.4 Å². The summed E-state index contributed by atoms with van der Waals surface area (Å²) in [6.07, 6.45) is 0.907. The molecule has 1 amide bonds. The second-order valence-electron chi connectivity index (χ2n) is 6.67. The van der Waals surface area contributed by atoms with Crippen LogP contribution in [0.1, 0.15) is 45.7 Å². The molecule has 1 aromatic rings. The van der Waals surface area contributed by atoms with E-state index in [0.717, 1.165) is 17.7 Å². The highest BCUT2D eigenvalue weighted by atomic mass is 16.5. The summed E-state index contributed by atoms with van der Waals surface area (Å²) in [4.78, 5) is 14.9. The molecule has 1 aromatic carbocycles. The van der Waals surface area contributed by atoms with Gasteiger partial charge >= 0.3 is 0 Å². The van der Waals surface area contributed by atoms with E-state index < -0.39 is 5.41 Å². The minimum Gasteiger partial charge on any atom is -0.383 e.